The molecule has 1 aromatic carbocycles. The predicted octanol–water partition coefficient (Wildman–Crippen LogP) is 2.97. The van der Waals surface area contributed by atoms with Gasteiger partial charge in [-0.25, -0.2) is 0 Å². The number of hydrogen-bond donors (Lipinski definition) is 0. The van der Waals surface area contributed by atoms with Gasteiger partial charge in [-0.3, -0.25) is 4.68 Å². The second kappa shape index (κ2) is 5.53. The zero-order valence-corrected chi connectivity index (χ0v) is 10.3. The third-order valence-corrected chi connectivity index (χ3v) is 2.38. The van der Waals surface area contributed by atoms with Crippen molar-refractivity contribution >= 4 is 0 Å². The fraction of sp³-hybridized carbons (Fsp3) is 0.357. The molecule has 3 nitrogen and oxygen atoms in total. The number of benzene rings is 1. The summed E-state index contributed by atoms with van der Waals surface area (Å²) in [6, 6.07) is 10.3. The van der Waals surface area contributed by atoms with Crippen LogP contribution in [0.5, 0.6) is 5.75 Å². The molecule has 0 bridgehead atoms. The van der Waals surface area contributed by atoms with E-state index in [1.54, 1.807) is 6.20 Å². The lowest BCUT2D eigenvalue weighted by Crippen LogP contribution is -2.04. The van der Waals surface area contributed by atoms with Crippen LogP contribution in [0.4, 0.5) is 0 Å². The number of hydrogen-bond acceptors (Lipinski definition) is 2. The molecule has 0 fully saturated rings. The number of nitrogens with zero attached hydrogens (tertiary/aromatic N) is 2. The van der Waals surface area contributed by atoms with E-state index in [1.165, 1.54) is 5.56 Å². The molecule has 0 N–H and O–H groups in total. The van der Waals surface area contributed by atoms with Gasteiger partial charge in [-0.1, -0.05) is 44.2 Å². The molecule has 0 amide bonds. The molecule has 2 aromatic rings. The van der Waals surface area contributed by atoms with Crippen molar-refractivity contribution in [2.24, 2.45) is 5.92 Å². The van der Waals surface area contributed by atoms with Crippen LogP contribution in [-0.4, -0.2) is 16.4 Å². The quantitative estimate of drug-likeness (QED) is 0.789. The summed E-state index contributed by atoms with van der Waals surface area (Å²) in [6.07, 6.45) is 3.71. The molecule has 3 heteroatoms. The van der Waals surface area contributed by atoms with E-state index in [2.05, 4.69) is 31.1 Å². The summed E-state index contributed by atoms with van der Waals surface area (Å²) in [5, 5.41) is 4.28. The zero-order chi connectivity index (χ0) is 12.1. The van der Waals surface area contributed by atoms with Crippen molar-refractivity contribution < 1.29 is 4.74 Å². The fourth-order valence-corrected chi connectivity index (χ4v) is 1.54. The summed E-state index contributed by atoms with van der Waals surface area (Å²) in [7, 11) is 0. The molecule has 0 aliphatic carbocycles. The Bertz CT molecular complexity index is 448. The van der Waals surface area contributed by atoms with E-state index < -0.39 is 0 Å². The molecule has 2 rings (SSSR count). The van der Waals surface area contributed by atoms with Crippen molar-refractivity contribution in [1.82, 2.24) is 9.78 Å². The van der Waals surface area contributed by atoms with E-state index in [0.29, 0.717) is 5.92 Å². The molecule has 0 aliphatic rings. The molecule has 0 saturated heterocycles. The molecule has 17 heavy (non-hydrogen) atoms. The minimum atomic E-state index is 0.535. The molecule has 0 spiro atoms. The Morgan fingerprint density at radius 2 is 2.00 bits per heavy atom. The van der Waals surface area contributed by atoms with Crippen LogP contribution in [0.25, 0.3) is 0 Å². The first-order valence-corrected chi connectivity index (χ1v) is 5.93. The summed E-state index contributed by atoms with van der Waals surface area (Å²) in [6.45, 7) is 5.78. The normalized spacial score (nSPS) is 10.8. The lowest BCUT2D eigenvalue weighted by molar-refractivity contribution is 0.271. The van der Waals surface area contributed by atoms with Crippen LogP contribution in [0, 0.1) is 5.92 Å². The molecule has 0 radical (unpaired) electrons. The Morgan fingerprint density at radius 3 is 2.71 bits per heavy atom. The lowest BCUT2D eigenvalue weighted by Gasteiger charge is -2.05. The van der Waals surface area contributed by atoms with Crippen LogP contribution in [0.1, 0.15) is 19.4 Å². The molecule has 1 aromatic heterocycles. The standard InChI is InChI=1S/C14H18N2O/c1-12(2)11-17-14-8-15-16(10-14)9-13-6-4-3-5-7-13/h3-8,10,12H,9,11H2,1-2H3. The van der Waals surface area contributed by atoms with Gasteiger partial charge < -0.3 is 4.74 Å². The van der Waals surface area contributed by atoms with E-state index in [-0.39, 0.29) is 0 Å². The predicted molar refractivity (Wildman–Crippen MR) is 68.1 cm³/mol. The van der Waals surface area contributed by atoms with Gasteiger partial charge in [0.05, 0.1) is 25.5 Å². The largest absolute Gasteiger partial charge is 0.490 e. The molecule has 0 saturated carbocycles. The summed E-state index contributed by atoms with van der Waals surface area (Å²) >= 11 is 0. The average Bonchev–Trinajstić information content (AvgIpc) is 2.75. The number of ether oxygens (including phenoxy) is 1. The Hall–Kier alpha value is -1.77. The van der Waals surface area contributed by atoms with Crippen LogP contribution >= 0.6 is 0 Å². The number of rotatable bonds is 5. The second-order valence-electron chi connectivity index (χ2n) is 4.56. The summed E-state index contributed by atoms with van der Waals surface area (Å²) in [5.41, 5.74) is 1.24. The highest BCUT2D eigenvalue weighted by atomic mass is 16.5. The third kappa shape index (κ3) is 3.63. The third-order valence-electron chi connectivity index (χ3n) is 2.38. The lowest BCUT2D eigenvalue weighted by atomic mass is 10.2. The van der Waals surface area contributed by atoms with Crippen molar-refractivity contribution in [2.75, 3.05) is 6.61 Å². The zero-order valence-electron chi connectivity index (χ0n) is 10.3. The van der Waals surface area contributed by atoms with Crippen molar-refractivity contribution in [1.29, 1.82) is 0 Å². The molecular weight excluding hydrogens is 212 g/mol. The highest BCUT2D eigenvalue weighted by molar-refractivity contribution is 5.17. The van der Waals surface area contributed by atoms with Gasteiger partial charge in [-0.15, -0.1) is 0 Å². The Labute approximate surface area is 102 Å². The van der Waals surface area contributed by atoms with Crippen molar-refractivity contribution in [3.05, 3.63) is 48.3 Å². The van der Waals surface area contributed by atoms with Gasteiger partial charge in [-0.2, -0.15) is 5.10 Å². The molecule has 1 heterocycles. The van der Waals surface area contributed by atoms with E-state index in [4.69, 9.17) is 4.74 Å². The van der Waals surface area contributed by atoms with Gasteiger partial charge >= 0.3 is 0 Å². The minimum Gasteiger partial charge on any atom is -0.490 e. The van der Waals surface area contributed by atoms with E-state index in [1.807, 2.05) is 29.1 Å². The summed E-state index contributed by atoms with van der Waals surface area (Å²) < 4.78 is 7.50. The van der Waals surface area contributed by atoms with Crippen LogP contribution in [0.3, 0.4) is 0 Å². The van der Waals surface area contributed by atoms with Crippen LogP contribution < -0.4 is 4.74 Å². The van der Waals surface area contributed by atoms with Gasteiger partial charge in [0, 0.05) is 0 Å². The van der Waals surface area contributed by atoms with E-state index >= 15 is 0 Å². The average molecular weight is 230 g/mol. The molecule has 90 valence electrons. The maximum Gasteiger partial charge on any atom is 0.157 e. The van der Waals surface area contributed by atoms with Gasteiger partial charge in [-0.05, 0) is 11.5 Å². The highest BCUT2D eigenvalue weighted by Gasteiger charge is 2.01. The van der Waals surface area contributed by atoms with Gasteiger partial charge in [0.15, 0.2) is 5.75 Å². The van der Waals surface area contributed by atoms with Crippen LogP contribution in [-0.2, 0) is 6.54 Å². The topological polar surface area (TPSA) is 27.1 Å². The first-order valence-electron chi connectivity index (χ1n) is 5.93. The van der Waals surface area contributed by atoms with Crippen molar-refractivity contribution in [3.8, 4) is 5.75 Å². The van der Waals surface area contributed by atoms with E-state index in [9.17, 15) is 0 Å². The smallest absolute Gasteiger partial charge is 0.157 e. The first kappa shape index (κ1) is 11.7. The minimum absolute atomic E-state index is 0.535. The molecule has 0 unspecified atom stereocenters. The number of aromatic nitrogens is 2. The first-order chi connectivity index (χ1) is 8.24. The molecular formula is C14H18N2O. The Kier molecular flexibility index (Phi) is 3.81. The highest BCUT2D eigenvalue weighted by Crippen LogP contribution is 2.11. The van der Waals surface area contributed by atoms with Gasteiger partial charge in [0.2, 0.25) is 0 Å². The maximum atomic E-state index is 5.60. The summed E-state index contributed by atoms with van der Waals surface area (Å²) in [4.78, 5) is 0. The second-order valence-corrected chi connectivity index (χ2v) is 4.56. The monoisotopic (exact) mass is 230 g/mol. The SMILES string of the molecule is CC(C)COc1cnn(Cc2ccccc2)c1. The summed E-state index contributed by atoms with van der Waals surface area (Å²) in [5.74, 6) is 1.38. The molecule has 0 aliphatic heterocycles. The van der Waals surface area contributed by atoms with Crippen molar-refractivity contribution in [2.45, 2.75) is 20.4 Å². The van der Waals surface area contributed by atoms with Gasteiger partial charge in [0.1, 0.15) is 0 Å². The Morgan fingerprint density at radius 1 is 1.24 bits per heavy atom. The van der Waals surface area contributed by atoms with Crippen LogP contribution in [0.2, 0.25) is 0 Å². The maximum absolute atomic E-state index is 5.60. The fourth-order valence-electron chi connectivity index (χ4n) is 1.54. The van der Waals surface area contributed by atoms with Crippen molar-refractivity contribution in [3.63, 3.8) is 0 Å². The van der Waals surface area contributed by atoms with E-state index in [0.717, 1.165) is 18.9 Å². The Balaban J connectivity index is 1.94. The van der Waals surface area contributed by atoms with Crippen LogP contribution in [0.15, 0.2) is 42.7 Å². The van der Waals surface area contributed by atoms with Gasteiger partial charge in [0.25, 0.3) is 0 Å². The molecule has 0 atom stereocenters.